The number of hydrogen-bond donors (Lipinski definition) is 1. The molecule has 0 spiro atoms. The van der Waals surface area contributed by atoms with Crippen molar-refractivity contribution in [2.24, 2.45) is 5.92 Å². The number of likely N-dealkylation sites (tertiary alicyclic amines) is 1. The average molecular weight is 236 g/mol. The van der Waals surface area contributed by atoms with Crippen molar-refractivity contribution in [2.75, 3.05) is 20.1 Å². The zero-order valence-electron chi connectivity index (χ0n) is 11.1. The number of aromatic nitrogens is 2. The normalized spacial score (nSPS) is 30.6. The number of rotatable bonds is 4. The lowest BCUT2D eigenvalue weighted by Crippen LogP contribution is -2.51. The van der Waals surface area contributed by atoms with Crippen molar-refractivity contribution in [1.29, 1.82) is 0 Å². The molecule has 1 fully saturated rings. The maximum atomic E-state index is 4.05. The van der Waals surface area contributed by atoms with Crippen molar-refractivity contribution < 1.29 is 0 Å². The molecule has 1 aliphatic rings. The fourth-order valence-electron chi connectivity index (χ4n) is 2.62. The predicted molar refractivity (Wildman–Crippen MR) is 69.9 cm³/mol. The molecule has 1 aromatic heterocycles. The molecular weight excluding hydrogens is 212 g/mol. The molecule has 0 radical (unpaired) electrons. The molecule has 1 aromatic rings. The van der Waals surface area contributed by atoms with Crippen LogP contribution in [0.1, 0.15) is 20.3 Å². The van der Waals surface area contributed by atoms with E-state index in [9.17, 15) is 0 Å². The fraction of sp³-hybridized carbons (Fsp3) is 0.769. The van der Waals surface area contributed by atoms with Gasteiger partial charge in [-0.05, 0) is 26.3 Å². The first-order valence-corrected chi connectivity index (χ1v) is 6.56. The second-order valence-electron chi connectivity index (χ2n) is 5.36. The molecule has 3 unspecified atom stereocenters. The number of nitrogens with one attached hydrogen (secondary N) is 1. The zero-order chi connectivity index (χ0) is 12.3. The van der Waals surface area contributed by atoms with E-state index in [0.29, 0.717) is 12.1 Å². The highest BCUT2D eigenvalue weighted by atomic mass is 15.2. The van der Waals surface area contributed by atoms with Crippen LogP contribution in [0.25, 0.3) is 0 Å². The third-order valence-electron chi connectivity index (χ3n) is 3.95. The first-order chi connectivity index (χ1) is 8.16. The van der Waals surface area contributed by atoms with Crippen molar-refractivity contribution in [2.45, 2.75) is 38.9 Å². The lowest BCUT2D eigenvalue weighted by molar-refractivity contribution is 0.121. The molecule has 0 saturated carbocycles. The highest BCUT2D eigenvalue weighted by Crippen LogP contribution is 2.20. The van der Waals surface area contributed by atoms with Gasteiger partial charge in [0.25, 0.3) is 0 Å². The Morgan fingerprint density at radius 3 is 2.94 bits per heavy atom. The monoisotopic (exact) mass is 236 g/mol. The quantitative estimate of drug-likeness (QED) is 0.853. The van der Waals surface area contributed by atoms with E-state index in [1.54, 1.807) is 0 Å². The second-order valence-corrected chi connectivity index (χ2v) is 5.36. The minimum absolute atomic E-state index is 0.657. The molecule has 0 aromatic carbocycles. The summed E-state index contributed by atoms with van der Waals surface area (Å²) in [6.45, 7) is 7.90. The van der Waals surface area contributed by atoms with Gasteiger partial charge >= 0.3 is 0 Å². The van der Waals surface area contributed by atoms with Gasteiger partial charge in [0.1, 0.15) is 0 Å². The predicted octanol–water partition coefficient (Wildman–Crippen LogP) is 1.20. The van der Waals surface area contributed by atoms with Crippen LogP contribution in [0.4, 0.5) is 0 Å². The first kappa shape index (κ1) is 12.6. The smallest absolute Gasteiger partial charge is 0.0946 e. The molecule has 4 nitrogen and oxygen atoms in total. The maximum Gasteiger partial charge on any atom is 0.0946 e. The highest BCUT2D eigenvalue weighted by molar-refractivity contribution is 4.86. The highest BCUT2D eigenvalue weighted by Gasteiger charge is 2.28. The van der Waals surface area contributed by atoms with E-state index in [1.165, 1.54) is 13.0 Å². The van der Waals surface area contributed by atoms with E-state index >= 15 is 0 Å². The van der Waals surface area contributed by atoms with Crippen LogP contribution in [-0.2, 0) is 6.54 Å². The van der Waals surface area contributed by atoms with Crippen molar-refractivity contribution in [3.63, 3.8) is 0 Å². The molecule has 1 aliphatic heterocycles. The van der Waals surface area contributed by atoms with Crippen molar-refractivity contribution in [3.05, 3.63) is 18.7 Å². The summed E-state index contributed by atoms with van der Waals surface area (Å²) >= 11 is 0. The molecule has 4 heteroatoms. The number of hydrogen-bond acceptors (Lipinski definition) is 3. The SMILES string of the molecule is CC1CN(C)C(C)CC1NCCn1ccnc1. The Labute approximate surface area is 104 Å². The summed E-state index contributed by atoms with van der Waals surface area (Å²) in [5.74, 6) is 0.735. The fourth-order valence-corrected chi connectivity index (χ4v) is 2.62. The summed E-state index contributed by atoms with van der Waals surface area (Å²) in [6, 6.07) is 1.35. The summed E-state index contributed by atoms with van der Waals surface area (Å²) < 4.78 is 2.12. The van der Waals surface area contributed by atoms with Crippen LogP contribution in [0.3, 0.4) is 0 Å². The third kappa shape index (κ3) is 3.30. The largest absolute Gasteiger partial charge is 0.336 e. The molecule has 0 bridgehead atoms. The zero-order valence-corrected chi connectivity index (χ0v) is 11.1. The first-order valence-electron chi connectivity index (χ1n) is 6.56. The van der Waals surface area contributed by atoms with Gasteiger partial charge in [0.2, 0.25) is 0 Å². The Morgan fingerprint density at radius 2 is 2.24 bits per heavy atom. The average Bonchev–Trinajstić information content (AvgIpc) is 2.78. The Bertz CT molecular complexity index is 322. The molecule has 3 atom stereocenters. The lowest BCUT2D eigenvalue weighted by atomic mass is 9.90. The van der Waals surface area contributed by atoms with Crippen LogP contribution < -0.4 is 5.32 Å². The molecule has 17 heavy (non-hydrogen) atoms. The summed E-state index contributed by atoms with van der Waals surface area (Å²) in [7, 11) is 2.23. The van der Waals surface area contributed by atoms with E-state index in [4.69, 9.17) is 0 Å². The van der Waals surface area contributed by atoms with E-state index in [1.807, 2.05) is 18.7 Å². The van der Waals surface area contributed by atoms with Crippen LogP contribution in [0.15, 0.2) is 18.7 Å². The molecular formula is C13H24N4. The van der Waals surface area contributed by atoms with Gasteiger partial charge in [0.05, 0.1) is 6.33 Å². The van der Waals surface area contributed by atoms with Gasteiger partial charge in [-0.2, -0.15) is 0 Å². The van der Waals surface area contributed by atoms with Crippen molar-refractivity contribution >= 4 is 0 Å². The second kappa shape index (κ2) is 5.65. The van der Waals surface area contributed by atoms with Crippen LogP contribution in [0.2, 0.25) is 0 Å². The van der Waals surface area contributed by atoms with Gasteiger partial charge in [0.15, 0.2) is 0 Å². The molecule has 2 rings (SSSR count). The number of nitrogens with zero attached hydrogens (tertiary/aromatic N) is 3. The Kier molecular flexibility index (Phi) is 4.18. The standard InChI is InChI=1S/C13H24N4/c1-11-9-16(3)12(2)8-13(11)15-5-7-17-6-4-14-10-17/h4,6,10-13,15H,5,7-9H2,1-3H3. The minimum atomic E-state index is 0.657. The molecule has 0 aliphatic carbocycles. The Balaban J connectivity index is 1.75. The summed E-state index contributed by atoms with van der Waals surface area (Å²) in [4.78, 5) is 6.51. The Morgan fingerprint density at radius 1 is 1.41 bits per heavy atom. The molecule has 2 heterocycles. The van der Waals surface area contributed by atoms with E-state index < -0.39 is 0 Å². The third-order valence-corrected chi connectivity index (χ3v) is 3.95. The maximum absolute atomic E-state index is 4.05. The van der Waals surface area contributed by atoms with Gasteiger partial charge in [0, 0.05) is 44.1 Å². The number of piperidine rings is 1. The van der Waals surface area contributed by atoms with Crippen LogP contribution in [0, 0.1) is 5.92 Å². The summed E-state index contributed by atoms with van der Waals surface area (Å²) in [5.41, 5.74) is 0. The summed E-state index contributed by atoms with van der Waals surface area (Å²) in [5, 5.41) is 3.69. The molecule has 1 saturated heterocycles. The van der Waals surface area contributed by atoms with E-state index in [0.717, 1.165) is 19.0 Å². The van der Waals surface area contributed by atoms with E-state index in [-0.39, 0.29) is 0 Å². The lowest BCUT2D eigenvalue weighted by Gasteiger charge is -2.40. The van der Waals surface area contributed by atoms with Crippen LogP contribution in [-0.4, -0.2) is 46.7 Å². The van der Waals surface area contributed by atoms with Gasteiger partial charge in [-0.3, -0.25) is 0 Å². The van der Waals surface area contributed by atoms with Gasteiger partial charge in [-0.15, -0.1) is 0 Å². The number of imidazole rings is 1. The van der Waals surface area contributed by atoms with E-state index in [2.05, 4.69) is 40.7 Å². The topological polar surface area (TPSA) is 33.1 Å². The Hall–Kier alpha value is -0.870. The molecule has 96 valence electrons. The summed E-state index contributed by atoms with van der Waals surface area (Å²) in [6.07, 6.45) is 6.98. The van der Waals surface area contributed by atoms with Gasteiger partial charge < -0.3 is 14.8 Å². The van der Waals surface area contributed by atoms with Crippen molar-refractivity contribution in [1.82, 2.24) is 19.8 Å². The van der Waals surface area contributed by atoms with Gasteiger partial charge in [-0.25, -0.2) is 4.98 Å². The van der Waals surface area contributed by atoms with Crippen LogP contribution >= 0.6 is 0 Å². The van der Waals surface area contributed by atoms with Crippen LogP contribution in [0.5, 0.6) is 0 Å². The van der Waals surface area contributed by atoms with Crippen molar-refractivity contribution in [3.8, 4) is 0 Å². The molecule has 0 amide bonds. The molecule has 1 N–H and O–H groups in total. The van der Waals surface area contributed by atoms with Gasteiger partial charge in [-0.1, -0.05) is 6.92 Å². The minimum Gasteiger partial charge on any atom is -0.336 e.